The third-order valence-corrected chi connectivity index (χ3v) is 8.78. The minimum absolute atomic E-state index is 0.295. The van der Waals surface area contributed by atoms with Gasteiger partial charge in [0.05, 0.1) is 28.4 Å². The van der Waals surface area contributed by atoms with Gasteiger partial charge in [0.15, 0.2) is 21.1 Å². The number of carbonyl (C=O) groups excluding carboxylic acids is 3. The van der Waals surface area contributed by atoms with Crippen LogP contribution < -0.4 is 16.0 Å². The number of hydrogen-bond acceptors (Lipinski definition) is 8. The number of anilines is 1. The molecule has 17 heteroatoms. The highest BCUT2D eigenvalue weighted by Crippen LogP contribution is 2.58. The van der Waals surface area contributed by atoms with E-state index in [0.717, 1.165) is 11.0 Å². The van der Waals surface area contributed by atoms with E-state index in [2.05, 4.69) is 15.3 Å². The third kappa shape index (κ3) is 6.90. The number of fused-ring (bicyclic) bond motifs is 1. The molecule has 11 nitrogen and oxygen atoms in total. The van der Waals surface area contributed by atoms with Crippen molar-refractivity contribution >= 4 is 50.9 Å². The van der Waals surface area contributed by atoms with Crippen molar-refractivity contribution in [1.29, 1.82) is 0 Å². The zero-order valence-electron chi connectivity index (χ0n) is 23.5. The van der Waals surface area contributed by atoms with Crippen molar-refractivity contribution in [3.8, 4) is 0 Å². The van der Waals surface area contributed by atoms with E-state index < -0.39 is 91.7 Å². The number of hydrogen-bond donors (Lipinski definition) is 2. The summed E-state index contributed by atoms with van der Waals surface area (Å²) in [5, 5.41) is 5.79. The Hall–Kier alpha value is -3.92. The maximum absolute atomic E-state index is 15.3. The van der Waals surface area contributed by atoms with Crippen LogP contribution in [0.1, 0.15) is 44.7 Å². The molecule has 2 aromatic carbocycles. The first-order valence-corrected chi connectivity index (χ1v) is 15.0. The Morgan fingerprint density at radius 2 is 1.77 bits per heavy atom. The molecule has 1 atom stereocenters. The van der Waals surface area contributed by atoms with Crippen LogP contribution in [0.3, 0.4) is 0 Å². The van der Waals surface area contributed by atoms with Gasteiger partial charge in [-0.1, -0.05) is 28.9 Å². The van der Waals surface area contributed by atoms with Crippen LogP contribution in [0.5, 0.6) is 0 Å². The largest absolute Gasteiger partial charge is 0.444 e. The SMILES string of the molecule is CC(C)(C)OC(=O)N[C@H]1CS(=O)(=O)c2cc(F)c(/C(N)=N/OC(=O)C3(C(F)(F)F)CC3)cc2N(Cc2ccc(Cl)cc2)C1=O. The number of alkyl carbamates (subject to hydrolysis) is 1. The summed E-state index contributed by atoms with van der Waals surface area (Å²) < 4.78 is 87.1. The zero-order chi connectivity index (χ0) is 32.8. The van der Waals surface area contributed by atoms with Crippen LogP contribution in [0.15, 0.2) is 46.4 Å². The molecule has 2 amide bonds. The zero-order valence-corrected chi connectivity index (χ0v) is 25.1. The van der Waals surface area contributed by atoms with E-state index in [1.807, 2.05) is 0 Å². The molecule has 0 saturated heterocycles. The van der Waals surface area contributed by atoms with Gasteiger partial charge in [-0.15, -0.1) is 0 Å². The van der Waals surface area contributed by atoms with Crippen LogP contribution in [0.2, 0.25) is 5.02 Å². The van der Waals surface area contributed by atoms with Crippen molar-refractivity contribution < 1.29 is 49.9 Å². The van der Waals surface area contributed by atoms with Crippen molar-refractivity contribution in [1.82, 2.24) is 5.32 Å². The van der Waals surface area contributed by atoms with Crippen LogP contribution in [-0.4, -0.2) is 55.8 Å². The van der Waals surface area contributed by atoms with E-state index in [1.165, 1.54) is 12.1 Å². The van der Waals surface area contributed by atoms with Crippen LogP contribution in [0, 0.1) is 11.2 Å². The molecule has 3 N–H and O–H groups in total. The fraction of sp³-hybridized carbons (Fsp3) is 0.407. The number of carbonyl (C=O) groups is 3. The van der Waals surface area contributed by atoms with Gasteiger partial charge in [-0.3, -0.25) is 4.79 Å². The van der Waals surface area contributed by atoms with Crippen LogP contribution in [-0.2, 0) is 35.5 Å². The number of rotatable bonds is 6. The Balaban J connectivity index is 1.77. The minimum atomic E-state index is -4.90. The van der Waals surface area contributed by atoms with E-state index in [4.69, 9.17) is 22.1 Å². The average molecular weight is 663 g/mol. The molecule has 44 heavy (non-hydrogen) atoms. The van der Waals surface area contributed by atoms with Crippen LogP contribution in [0.4, 0.5) is 28.0 Å². The summed E-state index contributed by atoms with van der Waals surface area (Å²) >= 11 is 5.95. The van der Waals surface area contributed by atoms with E-state index in [0.29, 0.717) is 16.7 Å². The number of amides is 2. The first-order valence-electron chi connectivity index (χ1n) is 13.0. The van der Waals surface area contributed by atoms with Crippen molar-refractivity contribution in [2.24, 2.45) is 16.3 Å². The summed E-state index contributed by atoms with van der Waals surface area (Å²) in [5.41, 5.74) is 1.44. The molecule has 0 bridgehead atoms. The molecule has 4 rings (SSSR count). The van der Waals surface area contributed by atoms with Gasteiger partial charge in [0.25, 0.3) is 5.91 Å². The summed E-state index contributed by atoms with van der Waals surface area (Å²) in [6.45, 7) is 4.38. The van der Waals surface area contributed by atoms with Crippen molar-refractivity contribution in [3.05, 3.63) is 58.4 Å². The van der Waals surface area contributed by atoms with Gasteiger partial charge in [0, 0.05) is 5.02 Å². The Morgan fingerprint density at radius 3 is 2.32 bits per heavy atom. The van der Waals surface area contributed by atoms with Gasteiger partial charge in [-0.05, 0) is 63.4 Å². The standard InChI is InChI=1S/C27H27ClF4N4O7S/c1-25(2,3)42-24(39)34-18-13-44(40,41)20-11-17(29)16(21(33)35-43-23(38)26(8-9-26)27(30,31)32)10-19(20)36(22(18)37)12-14-4-6-15(28)7-5-14/h4-7,10-11,18H,8-9,12-13H2,1-3H3,(H2,33,35)(H,34,39)/t18-/m0/s1. The molecular weight excluding hydrogens is 636 g/mol. The monoisotopic (exact) mass is 662 g/mol. The number of ether oxygens (including phenoxy) is 1. The smallest absolute Gasteiger partial charge is 0.408 e. The second-order valence-electron chi connectivity index (χ2n) is 11.3. The highest BCUT2D eigenvalue weighted by molar-refractivity contribution is 7.91. The van der Waals surface area contributed by atoms with Crippen LogP contribution >= 0.6 is 11.6 Å². The van der Waals surface area contributed by atoms with Gasteiger partial charge >= 0.3 is 18.2 Å². The quantitative estimate of drug-likeness (QED) is 0.153. The topological polar surface area (TPSA) is 157 Å². The predicted octanol–water partition coefficient (Wildman–Crippen LogP) is 4.20. The Labute approximate surface area is 254 Å². The molecule has 238 valence electrons. The molecule has 1 aliphatic heterocycles. The predicted molar refractivity (Wildman–Crippen MR) is 149 cm³/mol. The fourth-order valence-electron chi connectivity index (χ4n) is 4.33. The lowest BCUT2D eigenvalue weighted by atomic mass is 10.1. The molecule has 1 aliphatic carbocycles. The van der Waals surface area contributed by atoms with Gasteiger partial charge in [-0.2, -0.15) is 13.2 Å². The highest BCUT2D eigenvalue weighted by Gasteiger charge is 2.70. The maximum Gasteiger partial charge on any atom is 0.408 e. The summed E-state index contributed by atoms with van der Waals surface area (Å²) in [7, 11) is -4.48. The number of amidine groups is 1. The number of nitrogens with zero attached hydrogens (tertiary/aromatic N) is 2. The van der Waals surface area contributed by atoms with Crippen molar-refractivity contribution in [2.75, 3.05) is 10.7 Å². The van der Waals surface area contributed by atoms with E-state index in [9.17, 15) is 36.0 Å². The molecule has 0 aromatic heterocycles. The second-order valence-corrected chi connectivity index (χ2v) is 13.7. The number of sulfone groups is 1. The molecule has 0 spiro atoms. The first-order chi connectivity index (χ1) is 20.2. The summed E-state index contributed by atoms with van der Waals surface area (Å²) in [5.74, 6) is -5.82. The Kier molecular flexibility index (Phi) is 8.65. The Bertz CT molecular complexity index is 1640. The highest BCUT2D eigenvalue weighted by atomic mass is 35.5. The first kappa shape index (κ1) is 33.0. The van der Waals surface area contributed by atoms with Crippen LogP contribution in [0.25, 0.3) is 0 Å². The van der Waals surface area contributed by atoms with Gasteiger partial charge < -0.3 is 25.5 Å². The van der Waals surface area contributed by atoms with Gasteiger partial charge in [0.2, 0.25) is 0 Å². The molecule has 2 aromatic rings. The number of nitrogens with one attached hydrogen (secondary N) is 1. The number of alkyl halides is 3. The molecular formula is C27H27ClF4N4O7S. The molecule has 0 unspecified atom stereocenters. The van der Waals surface area contributed by atoms with E-state index >= 15 is 4.39 Å². The number of oxime groups is 1. The lowest BCUT2D eigenvalue weighted by Gasteiger charge is -2.27. The number of nitrogens with two attached hydrogens (primary N) is 1. The second kappa shape index (κ2) is 11.5. The molecule has 1 heterocycles. The average Bonchev–Trinajstić information content (AvgIpc) is 3.72. The maximum atomic E-state index is 15.3. The molecule has 1 saturated carbocycles. The Morgan fingerprint density at radius 1 is 1.16 bits per heavy atom. The lowest BCUT2D eigenvalue weighted by Crippen LogP contribution is -2.51. The minimum Gasteiger partial charge on any atom is -0.444 e. The fourth-order valence-corrected chi connectivity index (χ4v) is 6.07. The van der Waals surface area contributed by atoms with Gasteiger partial charge in [0.1, 0.15) is 17.5 Å². The lowest BCUT2D eigenvalue weighted by molar-refractivity contribution is -0.206. The normalized spacial score (nSPS) is 19.5. The van der Waals surface area contributed by atoms with Gasteiger partial charge in [-0.25, -0.2) is 22.4 Å². The molecule has 1 fully saturated rings. The van der Waals surface area contributed by atoms with Crippen molar-refractivity contribution in [3.63, 3.8) is 0 Å². The van der Waals surface area contributed by atoms with E-state index in [1.54, 1.807) is 32.9 Å². The van der Waals surface area contributed by atoms with E-state index in [-0.39, 0.29) is 12.2 Å². The number of halogens is 5. The summed E-state index contributed by atoms with van der Waals surface area (Å²) in [6, 6.07) is 5.82. The summed E-state index contributed by atoms with van der Waals surface area (Å²) in [4.78, 5) is 43.1. The van der Waals surface area contributed by atoms with Crippen molar-refractivity contribution in [2.45, 2.75) is 62.9 Å². The summed E-state index contributed by atoms with van der Waals surface area (Å²) in [6.07, 6.45) is -7.02. The third-order valence-electron chi connectivity index (χ3n) is 6.76. The number of benzene rings is 2. The molecule has 2 aliphatic rings. The molecule has 0 radical (unpaired) electrons.